The van der Waals surface area contributed by atoms with Gasteiger partial charge in [-0.3, -0.25) is 14.2 Å². The summed E-state index contributed by atoms with van der Waals surface area (Å²) < 4.78 is 3.44. The summed E-state index contributed by atoms with van der Waals surface area (Å²) in [6, 6.07) is 5.32. The van der Waals surface area contributed by atoms with Crippen LogP contribution in [0.1, 0.15) is 33.3 Å². The highest BCUT2D eigenvalue weighted by Gasteiger charge is 2.13. The fraction of sp³-hybridized carbons (Fsp3) is 0.176. The lowest BCUT2D eigenvalue weighted by atomic mass is 10.2. The standard InChI is InChI=1S/C17H17N5O2/c1-12(23)14-8-15(21(2)10-14)17(24)20-9-13-3-4-19-16(7-13)22-6-5-18-11-22/h3-8,10-11H,9H2,1-2H3,(H,20,24). The fourth-order valence-corrected chi connectivity index (χ4v) is 2.36. The number of carbonyl (C=O) groups is 2. The lowest BCUT2D eigenvalue weighted by Gasteiger charge is -2.08. The lowest BCUT2D eigenvalue weighted by Crippen LogP contribution is -2.24. The van der Waals surface area contributed by atoms with Crippen molar-refractivity contribution in [3.8, 4) is 5.82 Å². The van der Waals surface area contributed by atoms with E-state index in [1.165, 1.54) is 6.92 Å². The van der Waals surface area contributed by atoms with E-state index in [4.69, 9.17) is 0 Å². The molecule has 24 heavy (non-hydrogen) atoms. The molecule has 1 amide bonds. The Morgan fingerprint density at radius 3 is 2.75 bits per heavy atom. The summed E-state index contributed by atoms with van der Waals surface area (Å²) in [5, 5.41) is 2.86. The molecule has 0 unspecified atom stereocenters. The highest BCUT2D eigenvalue weighted by Crippen LogP contribution is 2.10. The molecule has 3 aromatic rings. The third-order valence-electron chi connectivity index (χ3n) is 3.68. The minimum atomic E-state index is -0.231. The van der Waals surface area contributed by atoms with Crippen molar-refractivity contribution in [2.24, 2.45) is 7.05 Å². The van der Waals surface area contributed by atoms with Crippen molar-refractivity contribution < 1.29 is 9.59 Å². The van der Waals surface area contributed by atoms with Crippen molar-refractivity contribution in [1.29, 1.82) is 0 Å². The number of Topliss-reactive ketones (excluding diaryl/α,β-unsaturated/α-hetero) is 1. The number of nitrogens with zero attached hydrogens (tertiary/aromatic N) is 4. The van der Waals surface area contributed by atoms with Crippen LogP contribution in [-0.2, 0) is 13.6 Å². The first-order valence-electron chi connectivity index (χ1n) is 7.43. The number of amides is 1. The zero-order chi connectivity index (χ0) is 17.1. The Balaban J connectivity index is 1.71. The molecule has 0 aliphatic heterocycles. The maximum atomic E-state index is 12.3. The third-order valence-corrected chi connectivity index (χ3v) is 3.68. The number of carbonyl (C=O) groups excluding carboxylic acids is 2. The number of pyridine rings is 1. The van der Waals surface area contributed by atoms with Gasteiger partial charge in [0.05, 0.1) is 0 Å². The topological polar surface area (TPSA) is 81.8 Å². The van der Waals surface area contributed by atoms with Crippen LogP contribution >= 0.6 is 0 Å². The van der Waals surface area contributed by atoms with E-state index in [2.05, 4.69) is 15.3 Å². The van der Waals surface area contributed by atoms with E-state index >= 15 is 0 Å². The van der Waals surface area contributed by atoms with Crippen LogP contribution in [0, 0.1) is 0 Å². The summed E-state index contributed by atoms with van der Waals surface area (Å²) in [5.41, 5.74) is 1.89. The molecule has 0 aliphatic carbocycles. The smallest absolute Gasteiger partial charge is 0.268 e. The number of hydrogen-bond acceptors (Lipinski definition) is 4. The summed E-state index contributed by atoms with van der Waals surface area (Å²) in [7, 11) is 1.74. The van der Waals surface area contributed by atoms with Crippen LogP contribution in [0.4, 0.5) is 0 Å². The minimum absolute atomic E-state index is 0.0660. The monoisotopic (exact) mass is 323 g/mol. The average Bonchev–Trinajstić information content (AvgIpc) is 3.22. The highest BCUT2D eigenvalue weighted by molar-refractivity contribution is 5.99. The number of aromatic nitrogens is 4. The maximum absolute atomic E-state index is 12.3. The third kappa shape index (κ3) is 3.24. The molecule has 3 heterocycles. The number of imidazole rings is 1. The van der Waals surface area contributed by atoms with Crippen molar-refractivity contribution >= 4 is 11.7 Å². The molecule has 0 fully saturated rings. The van der Waals surface area contributed by atoms with E-state index in [1.807, 2.05) is 12.1 Å². The molecule has 0 saturated heterocycles. The first-order chi connectivity index (χ1) is 11.5. The van der Waals surface area contributed by atoms with Crippen molar-refractivity contribution in [1.82, 2.24) is 24.4 Å². The van der Waals surface area contributed by atoms with E-state index in [0.29, 0.717) is 17.8 Å². The average molecular weight is 323 g/mol. The van der Waals surface area contributed by atoms with E-state index in [-0.39, 0.29) is 11.7 Å². The van der Waals surface area contributed by atoms with Crippen molar-refractivity contribution in [3.05, 3.63) is 66.1 Å². The van der Waals surface area contributed by atoms with E-state index < -0.39 is 0 Å². The van der Waals surface area contributed by atoms with Crippen molar-refractivity contribution in [2.45, 2.75) is 13.5 Å². The Labute approximate surface area is 139 Å². The largest absolute Gasteiger partial charge is 0.347 e. The van der Waals surface area contributed by atoms with Gasteiger partial charge in [0.15, 0.2) is 5.78 Å². The Morgan fingerprint density at radius 2 is 2.08 bits per heavy atom. The van der Waals surface area contributed by atoms with Gasteiger partial charge in [0.1, 0.15) is 17.8 Å². The second kappa shape index (κ2) is 6.49. The van der Waals surface area contributed by atoms with Gasteiger partial charge < -0.3 is 9.88 Å². The zero-order valence-corrected chi connectivity index (χ0v) is 13.4. The van der Waals surface area contributed by atoms with Crippen LogP contribution < -0.4 is 5.32 Å². The Hall–Kier alpha value is -3.22. The number of nitrogens with one attached hydrogen (secondary N) is 1. The molecule has 122 valence electrons. The Kier molecular flexibility index (Phi) is 4.24. The molecule has 7 nitrogen and oxygen atoms in total. The van der Waals surface area contributed by atoms with Gasteiger partial charge in [0, 0.05) is 43.9 Å². The van der Waals surface area contributed by atoms with Gasteiger partial charge in [0.2, 0.25) is 0 Å². The summed E-state index contributed by atoms with van der Waals surface area (Å²) in [6.07, 6.45) is 8.49. The maximum Gasteiger partial charge on any atom is 0.268 e. The summed E-state index contributed by atoms with van der Waals surface area (Å²) in [5.74, 6) is 0.437. The van der Waals surface area contributed by atoms with Crippen LogP contribution in [0.5, 0.6) is 0 Å². The zero-order valence-electron chi connectivity index (χ0n) is 13.4. The van der Waals surface area contributed by atoms with Gasteiger partial charge in [-0.1, -0.05) is 0 Å². The molecule has 3 aromatic heterocycles. The molecule has 0 aromatic carbocycles. The molecular formula is C17H17N5O2. The highest BCUT2D eigenvalue weighted by atomic mass is 16.2. The van der Waals surface area contributed by atoms with Gasteiger partial charge in [-0.15, -0.1) is 0 Å². The molecule has 0 atom stereocenters. The van der Waals surface area contributed by atoms with Crippen LogP contribution in [0.2, 0.25) is 0 Å². The van der Waals surface area contributed by atoms with Gasteiger partial charge in [-0.05, 0) is 30.7 Å². The van der Waals surface area contributed by atoms with Crippen molar-refractivity contribution in [2.75, 3.05) is 0 Å². The van der Waals surface area contributed by atoms with Crippen molar-refractivity contribution in [3.63, 3.8) is 0 Å². The van der Waals surface area contributed by atoms with E-state index in [0.717, 1.165) is 11.4 Å². The Bertz CT molecular complexity index is 880. The molecule has 0 radical (unpaired) electrons. The van der Waals surface area contributed by atoms with Crippen LogP contribution in [0.15, 0.2) is 49.3 Å². The molecular weight excluding hydrogens is 306 g/mol. The SMILES string of the molecule is CC(=O)c1cc(C(=O)NCc2ccnc(-n3ccnc3)c2)n(C)c1. The molecule has 0 spiro atoms. The predicted molar refractivity (Wildman–Crippen MR) is 87.9 cm³/mol. The van der Waals surface area contributed by atoms with Crippen LogP contribution in [0.25, 0.3) is 5.82 Å². The second-order valence-corrected chi connectivity index (χ2v) is 5.46. The van der Waals surface area contributed by atoms with Crippen LogP contribution in [-0.4, -0.2) is 30.8 Å². The first kappa shape index (κ1) is 15.7. The summed E-state index contributed by atoms with van der Waals surface area (Å²) >= 11 is 0. The molecule has 0 bridgehead atoms. The number of hydrogen-bond donors (Lipinski definition) is 1. The fourth-order valence-electron chi connectivity index (χ4n) is 2.36. The Morgan fingerprint density at radius 1 is 1.25 bits per heavy atom. The quantitative estimate of drug-likeness (QED) is 0.725. The van der Waals surface area contributed by atoms with Gasteiger partial charge in [-0.25, -0.2) is 9.97 Å². The molecule has 7 heteroatoms. The molecule has 0 aliphatic rings. The first-order valence-corrected chi connectivity index (χ1v) is 7.43. The normalized spacial score (nSPS) is 10.6. The van der Waals surface area contributed by atoms with Gasteiger partial charge in [0.25, 0.3) is 5.91 Å². The summed E-state index contributed by atoms with van der Waals surface area (Å²) in [6.45, 7) is 1.84. The lowest BCUT2D eigenvalue weighted by molar-refractivity contribution is 0.0942. The number of aryl methyl sites for hydroxylation is 1. The van der Waals surface area contributed by atoms with E-state index in [9.17, 15) is 9.59 Å². The van der Waals surface area contributed by atoms with Crippen LogP contribution in [0.3, 0.4) is 0 Å². The number of rotatable bonds is 5. The summed E-state index contributed by atoms with van der Waals surface area (Å²) in [4.78, 5) is 32.0. The predicted octanol–water partition coefficient (Wildman–Crippen LogP) is 1.74. The number of ketones is 1. The molecule has 1 N–H and O–H groups in total. The second-order valence-electron chi connectivity index (χ2n) is 5.46. The minimum Gasteiger partial charge on any atom is -0.347 e. The van der Waals surface area contributed by atoms with Gasteiger partial charge in [-0.2, -0.15) is 0 Å². The van der Waals surface area contributed by atoms with Gasteiger partial charge >= 0.3 is 0 Å². The van der Waals surface area contributed by atoms with E-state index in [1.54, 1.807) is 53.4 Å². The molecule has 3 rings (SSSR count). The molecule has 0 saturated carbocycles.